The molecule has 0 radical (unpaired) electrons. The van der Waals surface area contributed by atoms with Gasteiger partial charge in [-0.15, -0.1) is 0 Å². The first-order valence-electron chi connectivity index (χ1n) is 14.7. The van der Waals surface area contributed by atoms with Crippen LogP contribution in [0.2, 0.25) is 0 Å². The topological polar surface area (TPSA) is 98.8 Å². The van der Waals surface area contributed by atoms with E-state index in [1.54, 1.807) is 36.4 Å². The summed E-state index contributed by atoms with van der Waals surface area (Å²) in [5.74, 6) is 1.20. The molecule has 1 unspecified atom stereocenters. The molecule has 0 saturated carbocycles. The molecule has 0 aliphatic carbocycles. The second-order valence-corrected chi connectivity index (χ2v) is 9.56. The quantitative estimate of drug-likeness (QED) is 0.0887. The summed E-state index contributed by atoms with van der Waals surface area (Å²) in [6.07, 6.45) is 0.761. The zero-order chi connectivity index (χ0) is 30.7. The number of ether oxygens (including phenoxy) is 7. The van der Waals surface area contributed by atoms with Crippen LogP contribution in [0.25, 0.3) is 11.1 Å². The third-order valence-corrected chi connectivity index (χ3v) is 6.38. The minimum absolute atomic E-state index is 0.0856. The summed E-state index contributed by atoms with van der Waals surface area (Å²) < 4.78 is 38.1. The fourth-order valence-electron chi connectivity index (χ4n) is 3.75. The Hall–Kier alpha value is -3.92. The van der Waals surface area contributed by atoms with Crippen LogP contribution in [0.5, 0.6) is 17.2 Å². The molecule has 0 bridgehead atoms. The number of carbonyl (C=O) groups excluding carboxylic acids is 2. The molecule has 0 N–H and O–H groups in total. The molecule has 232 valence electrons. The van der Waals surface area contributed by atoms with Crippen molar-refractivity contribution in [1.82, 2.24) is 0 Å². The predicted molar refractivity (Wildman–Crippen MR) is 163 cm³/mol. The van der Waals surface area contributed by atoms with Crippen molar-refractivity contribution in [3.8, 4) is 28.4 Å². The van der Waals surface area contributed by atoms with Crippen LogP contribution in [0.3, 0.4) is 0 Å². The average molecular weight is 595 g/mol. The Morgan fingerprint density at radius 1 is 0.581 bits per heavy atom. The Balaban J connectivity index is 1.23. The molecule has 3 aromatic rings. The van der Waals surface area contributed by atoms with Crippen LogP contribution in [-0.2, 0) is 23.7 Å². The number of esters is 2. The van der Waals surface area contributed by atoms with Crippen LogP contribution in [0.4, 0.5) is 0 Å². The van der Waals surface area contributed by atoms with E-state index in [9.17, 15) is 9.59 Å². The Bertz CT molecular complexity index is 1210. The number of hydrogen-bond donors (Lipinski definition) is 0. The van der Waals surface area contributed by atoms with Gasteiger partial charge in [0.25, 0.3) is 0 Å². The molecule has 9 heteroatoms. The number of carbonyl (C=O) groups is 2. The SMILES string of the molecule is CCOc1ccc(-c2ccc(OC(=O)c3ccc(OCCOCCOCCOCCOC(=O)C(C)CC)cc3)cc2)cc1. The van der Waals surface area contributed by atoms with Crippen molar-refractivity contribution in [1.29, 1.82) is 0 Å². The highest BCUT2D eigenvalue weighted by molar-refractivity contribution is 5.91. The zero-order valence-electron chi connectivity index (χ0n) is 25.3. The molecule has 1 atom stereocenters. The van der Waals surface area contributed by atoms with Crippen LogP contribution >= 0.6 is 0 Å². The highest BCUT2D eigenvalue weighted by Gasteiger charge is 2.11. The summed E-state index contributed by atoms with van der Waals surface area (Å²) in [6.45, 7) is 9.46. The van der Waals surface area contributed by atoms with Crippen molar-refractivity contribution in [2.45, 2.75) is 27.2 Å². The molecule has 0 aliphatic heterocycles. The summed E-state index contributed by atoms with van der Waals surface area (Å²) in [6, 6.07) is 22.0. The average Bonchev–Trinajstić information content (AvgIpc) is 3.04. The standard InChI is InChI=1S/C34H42O9/c1-4-26(3)33(35)42-25-23-39-21-19-37-18-20-38-22-24-41-31-14-10-29(11-15-31)34(36)43-32-16-8-28(9-17-32)27-6-12-30(13-7-27)40-5-2/h6-17,26H,4-5,18-25H2,1-3H3. The Morgan fingerprint density at radius 2 is 1.05 bits per heavy atom. The van der Waals surface area contributed by atoms with Gasteiger partial charge in [0.05, 0.1) is 57.7 Å². The largest absolute Gasteiger partial charge is 0.494 e. The predicted octanol–water partition coefficient (Wildman–Crippen LogP) is 5.99. The van der Waals surface area contributed by atoms with Gasteiger partial charge in [-0.25, -0.2) is 4.79 Å². The van der Waals surface area contributed by atoms with Crippen molar-refractivity contribution in [3.63, 3.8) is 0 Å². The lowest BCUT2D eigenvalue weighted by molar-refractivity contribution is -0.149. The Labute approximate surface area is 254 Å². The fraction of sp³-hybridized carbons (Fsp3) is 0.412. The molecule has 9 nitrogen and oxygen atoms in total. The van der Waals surface area contributed by atoms with Gasteiger partial charge in [-0.2, -0.15) is 0 Å². The third-order valence-electron chi connectivity index (χ3n) is 6.38. The van der Waals surface area contributed by atoms with E-state index in [-0.39, 0.29) is 18.5 Å². The number of hydrogen-bond acceptors (Lipinski definition) is 9. The number of benzene rings is 3. The van der Waals surface area contributed by atoms with E-state index >= 15 is 0 Å². The molecule has 3 rings (SSSR count). The minimum Gasteiger partial charge on any atom is -0.494 e. The highest BCUT2D eigenvalue weighted by Crippen LogP contribution is 2.25. The van der Waals surface area contributed by atoms with Crippen LogP contribution < -0.4 is 14.2 Å². The van der Waals surface area contributed by atoms with E-state index in [0.717, 1.165) is 23.3 Å². The van der Waals surface area contributed by atoms with E-state index < -0.39 is 5.97 Å². The summed E-state index contributed by atoms with van der Waals surface area (Å²) in [4.78, 5) is 24.1. The second-order valence-electron chi connectivity index (χ2n) is 9.56. The molecule has 0 spiro atoms. The summed E-state index contributed by atoms with van der Waals surface area (Å²) in [5, 5.41) is 0. The van der Waals surface area contributed by atoms with E-state index in [0.29, 0.717) is 69.9 Å². The molecule has 0 fully saturated rings. The fourth-order valence-corrected chi connectivity index (χ4v) is 3.75. The highest BCUT2D eigenvalue weighted by atomic mass is 16.6. The van der Waals surface area contributed by atoms with Gasteiger partial charge in [-0.1, -0.05) is 38.1 Å². The van der Waals surface area contributed by atoms with Gasteiger partial charge in [0, 0.05) is 0 Å². The van der Waals surface area contributed by atoms with Crippen molar-refractivity contribution in [3.05, 3.63) is 78.4 Å². The third kappa shape index (κ3) is 12.5. The van der Waals surface area contributed by atoms with Gasteiger partial charge in [-0.3, -0.25) is 4.79 Å². The second kappa shape index (κ2) is 19.3. The first kappa shape index (κ1) is 33.6. The molecule has 3 aromatic carbocycles. The van der Waals surface area contributed by atoms with Crippen molar-refractivity contribution in [2.24, 2.45) is 5.92 Å². The number of rotatable bonds is 20. The smallest absolute Gasteiger partial charge is 0.343 e. The summed E-state index contributed by atoms with van der Waals surface area (Å²) in [5.41, 5.74) is 2.49. The molecular weight excluding hydrogens is 552 g/mol. The first-order valence-corrected chi connectivity index (χ1v) is 14.7. The van der Waals surface area contributed by atoms with Crippen LogP contribution in [-0.4, -0.2) is 71.4 Å². The van der Waals surface area contributed by atoms with E-state index in [4.69, 9.17) is 33.2 Å². The Morgan fingerprint density at radius 3 is 1.58 bits per heavy atom. The van der Waals surface area contributed by atoms with Crippen molar-refractivity contribution < 1.29 is 42.7 Å². The summed E-state index contributed by atoms with van der Waals surface area (Å²) >= 11 is 0. The molecule has 0 aromatic heterocycles. The van der Waals surface area contributed by atoms with E-state index in [1.807, 2.05) is 57.2 Å². The maximum atomic E-state index is 12.6. The van der Waals surface area contributed by atoms with Gasteiger partial charge in [0.1, 0.15) is 30.5 Å². The maximum Gasteiger partial charge on any atom is 0.343 e. The molecule has 0 heterocycles. The summed E-state index contributed by atoms with van der Waals surface area (Å²) in [7, 11) is 0. The van der Waals surface area contributed by atoms with Gasteiger partial charge in [0.2, 0.25) is 0 Å². The van der Waals surface area contributed by atoms with Crippen molar-refractivity contribution in [2.75, 3.05) is 59.5 Å². The molecule has 0 amide bonds. The Kier molecular flexibility index (Phi) is 15.1. The van der Waals surface area contributed by atoms with E-state index in [1.165, 1.54) is 0 Å². The zero-order valence-corrected chi connectivity index (χ0v) is 25.3. The van der Waals surface area contributed by atoms with Crippen LogP contribution in [0.1, 0.15) is 37.6 Å². The lowest BCUT2D eigenvalue weighted by Gasteiger charge is -2.10. The van der Waals surface area contributed by atoms with Gasteiger partial charge < -0.3 is 33.2 Å². The lowest BCUT2D eigenvalue weighted by Crippen LogP contribution is -2.18. The first-order chi connectivity index (χ1) is 21.0. The monoisotopic (exact) mass is 594 g/mol. The van der Waals surface area contributed by atoms with Crippen LogP contribution in [0.15, 0.2) is 72.8 Å². The van der Waals surface area contributed by atoms with Gasteiger partial charge >= 0.3 is 11.9 Å². The molecule has 0 aliphatic rings. The lowest BCUT2D eigenvalue weighted by atomic mass is 10.1. The molecular formula is C34H42O9. The molecule has 0 saturated heterocycles. The van der Waals surface area contributed by atoms with Gasteiger partial charge in [-0.05, 0) is 73.0 Å². The van der Waals surface area contributed by atoms with Crippen molar-refractivity contribution >= 4 is 11.9 Å². The normalized spacial score (nSPS) is 11.5. The van der Waals surface area contributed by atoms with E-state index in [2.05, 4.69) is 0 Å². The van der Waals surface area contributed by atoms with Gasteiger partial charge in [0.15, 0.2) is 0 Å². The minimum atomic E-state index is -0.445. The molecule has 43 heavy (non-hydrogen) atoms. The maximum absolute atomic E-state index is 12.6. The van der Waals surface area contributed by atoms with Crippen LogP contribution in [0, 0.1) is 5.92 Å².